The van der Waals surface area contributed by atoms with Gasteiger partial charge in [0.25, 0.3) is 0 Å². The van der Waals surface area contributed by atoms with Crippen LogP contribution in [-0.4, -0.2) is 43.2 Å². The Morgan fingerprint density at radius 1 is 1.32 bits per heavy atom. The third kappa shape index (κ3) is 3.30. The smallest absolute Gasteiger partial charge is 0.0430 e. The van der Waals surface area contributed by atoms with Crippen molar-refractivity contribution < 1.29 is 0 Å². The molecule has 1 aromatic carbocycles. The summed E-state index contributed by atoms with van der Waals surface area (Å²) in [6.45, 7) is 7.46. The molecule has 1 aliphatic heterocycles. The van der Waals surface area contributed by atoms with E-state index in [2.05, 4.69) is 70.9 Å². The summed E-state index contributed by atoms with van der Waals surface area (Å²) >= 11 is 3.50. The molecule has 1 aromatic rings. The second-order valence-corrected chi connectivity index (χ2v) is 6.94. The normalized spacial score (nSPS) is 23.6. The molecule has 1 saturated heterocycles. The topological polar surface area (TPSA) is 32.5 Å². The third-order valence-electron chi connectivity index (χ3n) is 4.17. The molecular formula is C15H24BrN3. The van der Waals surface area contributed by atoms with Crippen LogP contribution in [0.15, 0.2) is 28.7 Å². The van der Waals surface area contributed by atoms with Crippen molar-refractivity contribution >= 4 is 21.6 Å². The van der Waals surface area contributed by atoms with Crippen molar-refractivity contribution in [3.8, 4) is 0 Å². The molecule has 1 aliphatic rings. The first-order chi connectivity index (χ1) is 8.94. The number of benzene rings is 1. The minimum atomic E-state index is 0.193. The Balaban J connectivity index is 2.25. The van der Waals surface area contributed by atoms with Gasteiger partial charge in [-0.2, -0.15) is 0 Å². The van der Waals surface area contributed by atoms with E-state index < -0.39 is 0 Å². The molecule has 2 N–H and O–H groups in total. The summed E-state index contributed by atoms with van der Waals surface area (Å²) in [5.74, 6) is 0. The van der Waals surface area contributed by atoms with Gasteiger partial charge < -0.3 is 10.6 Å². The fourth-order valence-corrected chi connectivity index (χ4v) is 2.97. The van der Waals surface area contributed by atoms with Gasteiger partial charge in [-0.05, 0) is 58.1 Å². The highest BCUT2D eigenvalue weighted by Crippen LogP contribution is 2.29. The predicted molar refractivity (Wildman–Crippen MR) is 85.7 cm³/mol. The average Bonchev–Trinajstić information content (AvgIpc) is 2.35. The lowest BCUT2D eigenvalue weighted by Gasteiger charge is -2.51. The summed E-state index contributed by atoms with van der Waals surface area (Å²) in [6.07, 6.45) is 1.04. The maximum absolute atomic E-state index is 5.78. The molecule has 0 bridgehead atoms. The van der Waals surface area contributed by atoms with Crippen LogP contribution in [0.5, 0.6) is 0 Å². The van der Waals surface area contributed by atoms with E-state index in [9.17, 15) is 0 Å². The zero-order valence-electron chi connectivity index (χ0n) is 12.1. The molecule has 2 rings (SSSR count). The van der Waals surface area contributed by atoms with E-state index in [1.165, 1.54) is 5.69 Å². The van der Waals surface area contributed by atoms with Gasteiger partial charge in [-0.25, -0.2) is 0 Å². The lowest BCUT2D eigenvalue weighted by molar-refractivity contribution is 0.113. The number of nitrogens with two attached hydrogens (primary N) is 1. The summed E-state index contributed by atoms with van der Waals surface area (Å²) in [5.41, 5.74) is 7.27. The van der Waals surface area contributed by atoms with Crippen LogP contribution in [0.3, 0.4) is 0 Å². The molecule has 0 amide bonds. The van der Waals surface area contributed by atoms with Gasteiger partial charge in [0, 0.05) is 34.8 Å². The molecule has 0 radical (unpaired) electrons. The summed E-state index contributed by atoms with van der Waals surface area (Å²) in [4.78, 5) is 4.96. The number of piperazine rings is 1. The van der Waals surface area contributed by atoms with Gasteiger partial charge in [0.1, 0.15) is 0 Å². The van der Waals surface area contributed by atoms with Gasteiger partial charge >= 0.3 is 0 Å². The standard InChI is InChI=1S/C15H24BrN3/c1-15(2)11-19(13-6-4-12(16)5-7-13)14(8-9-17)10-18(15)3/h4-7,14H,8-11,17H2,1-3H3. The summed E-state index contributed by atoms with van der Waals surface area (Å²) in [7, 11) is 2.21. The number of hydrogen-bond acceptors (Lipinski definition) is 3. The number of anilines is 1. The SMILES string of the molecule is CN1CC(CCN)N(c2ccc(Br)cc2)CC1(C)C. The molecule has 0 spiro atoms. The van der Waals surface area contributed by atoms with Crippen molar-refractivity contribution in [1.29, 1.82) is 0 Å². The van der Waals surface area contributed by atoms with Crippen molar-refractivity contribution in [3.63, 3.8) is 0 Å². The minimum absolute atomic E-state index is 0.193. The fraction of sp³-hybridized carbons (Fsp3) is 0.600. The van der Waals surface area contributed by atoms with Crippen LogP contribution >= 0.6 is 15.9 Å². The van der Waals surface area contributed by atoms with Gasteiger partial charge in [-0.15, -0.1) is 0 Å². The van der Waals surface area contributed by atoms with Gasteiger partial charge in [0.15, 0.2) is 0 Å². The van der Waals surface area contributed by atoms with E-state index in [-0.39, 0.29) is 5.54 Å². The van der Waals surface area contributed by atoms with Crippen molar-refractivity contribution in [1.82, 2.24) is 4.90 Å². The first-order valence-corrected chi connectivity index (χ1v) is 7.67. The molecule has 1 heterocycles. The van der Waals surface area contributed by atoms with Crippen LogP contribution < -0.4 is 10.6 Å². The highest BCUT2D eigenvalue weighted by atomic mass is 79.9. The maximum atomic E-state index is 5.78. The van der Waals surface area contributed by atoms with E-state index in [0.29, 0.717) is 6.04 Å². The second kappa shape index (κ2) is 5.81. The molecule has 0 saturated carbocycles. The van der Waals surface area contributed by atoms with Crippen LogP contribution in [0.4, 0.5) is 5.69 Å². The third-order valence-corrected chi connectivity index (χ3v) is 4.70. The van der Waals surface area contributed by atoms with Crippen LogP contribution in [0, 0.1) is 0 Å². The first kappa shape index (κ1) is 14.8. The second-order valence-electron chi connectivity index (χ2n) is 6.03. The molecule has 4 heteroatoms. The molecule has 1 atom stereocenters. The largest absolute Gasteiger partial charge is 0.365 e. The van der Waals surface area contributed by atoms with Crippen LogP contribution in [0.2, 0.25) is 0 Å². The number of hydrogen-bond donors (Lipinski definition) is 1. The van der Waals surface area contributed by atoms with Crippen molar-refractivity contribution in [3.05, 3.63) is 28.7 Å². The number of halogens is 1. The average molecular weight is 326 g/mol. The highest BCUT2D eigenvalue weighted by molar-refractivity contribution is 9.10. The molecular weight excluding hydrogens is 302 g/mol. The summed E-state index contributed by atoms with van der Waals surface area (Å²) < 4.78 is 1.13. The molecule has 19 heavy (non-hydrogen) atoms. The Kier molecular flexibility index (Phi) is 4.54. The minimum Gasteiger partial charge on any atom is -0.365 e. The quantitative estimate of drug-likeness (QED) is 0.927. The Hall–Kier alpha value is -0.580. The van der Waals surface area contributed by atoms with E-state index in [0.717, 1.165) is 30.5 Å². The van der Waals surface area contributed by atoms with Gasteiger partial charge in [-0.3, -0.25) is 4.90 Å². The molecule has 106 valence electrons. The van der Waals surface area contributed by atoms with E-state index in [4.69, 9.17) is 5.73 Å². The van der Waals surface area contributed by atoms with Crippen molar-refractivity contribution in [2.24, 2.45) is 5.73 Å². The fourth-order valence-electron chi connectivity index (χ4n) is 2.70. The van der Waals surface area contributed by atoms with E-state index in [1.54, 1.807) is 0 Å². The number of rotatable bonds is 3. The van der Waals surface area contributed by atoms with Crippen LogP contribution in [0.25, 0.3) is 0 Å². The van der Waals surface area contributed by atoms with Gasteiger partial charge in [0.2, 0.25) is 0 Å². The van der Waals surface area contributed by atoms with Crippen LogP contribution in [-0.2, 0) is 0 Å². The van der Waals surface area contributed by atoms with Gasteiger partial charge in [0.05, 0.1) is 0 Å². The lowest BCUT2D eigenvalue weighted by atomic mass is 9.94. The highest BCUT2D eigenvalue weighted by Gasteiger charge is 2.36. The first-order valence-electron chi connectivity index (χ1n) is 6.87. The zero-order chi connectivity index (χ0) is 14.0. The van der Waals surface area contributed by atoms with Gasteiger partial charge in [-0.1, -0.05) is 15.9 Å². The monoisotopic (exact) mass is 325 g/mol. The Morgan fingerprint density at radius 3 is 2.53 bits per heavy atom. The van der Waals surface area contributed by atoms with Crippen molar-refractivity contribution in [2.75, 3.05) is 31.6 Å². The lowest BCUT2D eigenvalue weighted by Crippen LogP contribution is -2.62. The molecule has 3 nitrogen and oxygen atoms in total. The number of nitrogens with zero attached hydrogens (tertiary/aromatic N) is 2. The number of likely N-dealkylation sites (N-methyl/N-ethyl adjacent to an activating group) is 1. The Labute approximate surface area is 124 Å². The Bertz CT molecular complexity index is 416. The molecule has 1 fully saturated rings. The molecule has 0 aromatic heterocycles. The predicted octanol–water partition coefficient (Wildman–Crippen LogP) is 2.70. The van der Waals surface area contributed by atoms with Crippen molar-refractivity contribution in [2.45, 2.75) is 31.8 Å². The molecule has 1 unspecified atom stereocenters. The maximum Gasteiger partial charge on any atom is 0.0430 e. The van der Waals surface area contributed by atoms with E-state index >= 15 is 0 Å². The molecule has 0 aliphatic carbocycles. The van der Waals surface area contributed by atoms with E-state index in [1.807, 2.05) is 0 Å². The summed E-state index contributed by atoms with van der Waals surface area (Å²) in [6, 6.07) is 9.11. The Morgan fingerprint density at radius 2 is 1.95 bits per heavy atom. The van der Waals surface area contributed by atoms with Crippen LogP contribution in [0.1, 0.15) is 20.3 Å². The zero-order valence-corrected chi connectivity index (χ0v) is 13.7. The summed E-state index contributed by atoms with van der Waals surface area (Å²) in [5, 5.41) is 0.